The van der Waals surface area contributed by atoms with Crippen molar-refractivity contribution in [1.29, 1.82) is 0 Å². The molecule has 138 valence electrons. The first kappa shape index (κ1) is 19.7. The summed E-state index contributed by atoms with van der Waals surface area (Å²) in [5.74, 6) is -0.738. The molecule has 0 heterocycles. The Kier molecular flexibility index (Phi) is 7.36. The highest BCUT2D eigenvalue weighted by Gasteiger charge is 2.19. The van der Waals surface area contributed by atoms with Gasteiger partial charge in [0, 0.05) is 6.54 Å². The average molecular weight is 355 g/mol. The van der Waals surface area contributed by atoms with E-state index in [-0.39, 0.29) is 0 Å². The molecule has 5 nitrogen and oxygen atoms in total. The number of benzene rings is 2. The van der Waals surface area contributed by atoms with Gasteiger partial charge in [0.15, 0.2) is 12.7 Å². The summed E-state index contributed by atoms with van der Waals surface area (Å²) in [7, 11) is 0. The molecule has 2 N–H and O–H groups in total. The maximum absolute atomic E-state index is 11.8. The van der Waals surface area contributed by atoms with E-state index < -0.39 is 24.6 Å². The molecule has 5 heteroatoms. The fraction of sp³-hybridized carbons (Fsp3) is 0.333. The van der Waals surface area contributed by atoms with E-state index in [0.29, 0.717) is 24.4 Å². The van der Waals surface area contributed by atoms with Gasteiger partial charge >= 0.3 is 5.97 Å². The molecule has 0 saturated heterocycles. The summed E-state index contributed by atoms with van der Waals surface area (Å²) in [6, 6.07) is 16.7. The molecule has 0 bridgehead atoms. The van der Waals surface area contributed by atoms with Gasteiger partial charge in [-0.15, -0.1) is 0 Å². The van der Waals surface area contributed by atoms with Crippen LogP contribution in [0.3, 0.4) is 0 Å². The van der Waals surface area contributed by atoms with Crippen molar-refractivity contribution in [2.45, 2.75) is 32.3 Å². The van der Waals surface area contributed by atoms with Crippen molar-refractivity contribution >= 4 is 11.9 Å². The van der Waals surface area contributed by atoms with Gasteiger partial charge in [0.05, 0.1) is 0 Å². The van der Waals surface area contributed by atoms with Crippen molar-refractivity contribution in [3.05, 3.63) is 71.3 Å². The number of nitrogens with one attached hydrogen (secondary N) is 1. The molecule has 0 fully saturated rings. The topological polar surface area (TPSA) is 75.6 Å². The highest BCUT2D eigenvalue weighted by Crippen LogP contribution is 2.15. The van der Waals surface area contributed by atoms with E-state index in [9.17, 15) is 14.7 Å². The number of aliphatic hydroxyl groups excluding tert-OH is 1. The van der Waals surface area contributed by atoms with E-state index >= 15 is 0 Å². The molecule has 0 aliphatic rings. The van der Waals surface area contributed by atoms with E-state index in [1.807, 2.05) is 0 Å². The van der Waals surface area contributed by atoms with Gasteiger partial charge in [-0.1, -0.05) is 68.4 Å². The largest absolute Gasteiger partial charge is 0.453 e. The van der Waals surface area contributed by atoms with E-state index in [1.54, 1.807) is 30.3 Å². The van der Waals surface area contributed by atoms with E-state index in [4.69, 9.17) is 4.74 Å². The van der Waals surface area contributed by atoms with Gasteiger partial charge in [-0.3, -0.25) is 4.79 Å². The lowest BCUT2D eigenvalue weighted by molar-refractivity contribution is -0.157. The minimum atomic E-state index is -1.39. The molecular formula is C21H25NO4. The van der Waals surface area contributed by atoms with Crippen molar-refractivity contribution in [1.82, 2.24) is 5.32 Å². The van der Waals surface area contributed by atoms with Gasteiger partial charge in [-0.05, 0) is 29.0 Å². The van der Waals surface area contributed by atoms with Crippen LogP contribution in [0.15, 0.2) is 54.6 Å². The summed E-state index contributed by atoms with van der Waals surface area (Å²) in [4.78, 5) is 23.5. The van der Waals surface area contributed by atoms with E-state index in [1.165, 1.54) is 5.56 Å². The predicted octanol–water partition coefficient (Wildman–Crippen LogP) is 2.75. The molecule has 0 aliphatic heterocycles. The van der Waals surface area contributed by atoms with Crippen LogP contribution in [0.2, 0.25) is 0 Å². The molecule has 2 aromatic rings. The molecule has 0 unspecified atom stereocenters. The quantitative estimate of drug-likeness (QED) is 0.714. The Bertz CT molecular complexity index is 711. The zero-order valence-corrected chi connectivity index (χ0v) is 15.1. The first-order chi connectivity index (χ1) is 12.5. The summed E-state index contributed by atoms with van der Waals surface area (Å²) in [6.45, 7) is 4.34. The van der Waals surface area contributed by atoms with Gasteiger partial charge < -0.3 is 15.2 Å². The first-order valence-corrected chi connectivity index (χ1v) is 8.72. The monoisotopic (exact) mass is 355 g/mol. The summed E-state index contributed by atoms with van der Waals surface area (Å²) < 4.78 is 4.86. The summed E-state index contributed by atoms with van der Waals surface area (Å²) in [5.41, 5.74) is 2.84. The third kappa shape index (κ3) is 6.01. The van der Waals surface area contributed by atoms with Crippen LogP contribution in [-0.4, -0.2) is 30.1 Å². The Morgan fingerprint density at radius 1 is 1.00 bits per heavy atom. The molecule has 0 aromatic heterocycles. The first-order valence-electron chi connectivity index (χ1n) is 8.72. The minimum Gasteiger partial charge on any atom is -0.453 e. The lowest BCUT2D eigenvalue weighted by atomic mass is 10.0. The second-order valence-corrected chi connectivity index (χ2v) is 6.42. The van der Waals surface area contributed by atoms with Gasteiger partial charge in [-0.2, -0.15) is 0 Å². The molecule has 0 spiro atoms. The molecule has 26 heavy (non-hydrogen) atoms. The Morgan fingerprint density at radius 3 is 2.27 bits per heavy atom. The highest BCUT2D eigenvalue weighted by molar-refractivity contribution is 5.82. The normalized spacial score (nSPS) is 11.8. The Balaban J connectivity index is 1.69. The lowest BCUT2D eigenvalue weighted by Gasteiger charge is -2.11. The van der Waals surface area contributed by atoms with Crippen LogP contribution in [0.25, 0.3) is 0 Å². The lowest BCUT2D eigenvalue weighted by Crippen LogP contribution is -2.31. The van der Waals surface area contributed by atoms with Crippen LogP contribution in [-0.2, 0) is 20.7 Å². The molecule has 0 aliphatic carbocycles. The number of ether oxygens (including phenoxy) is 1. The Hall–Kier alpha value is -2.66. The second-order valence-electron chi connectivity index (χ2n) is 6.42. The molecular weight excluding hydrogens is 330 g/mol. The third-order valence-corrected chi connectivity index (χ3v) is 4.07. The second kappa shape index (κ2) is 9.73. The van der Waals surface area contributed by atoms with Crippen LogP contribution in [0, 0.1) is 0 Å². The van der Waals surface area contributed by atoms with Crippen molar-refractivity contribution in [2.75, 3.05) is 13.2 Å². The number of carbonyl (C=O) groups excluding carboxylic acids is 2. The van der Waals surface area contributed by atoms with E-state index in [2.05, 4.69) is 43.4 Å². The summed E-state index contributed by atoms with van der Waals surface area (Å²) in [5, 5.41) is 12.6. The van der Waals surface area contributed by atoms with Crippen LogP contribution >= 0.6 is 0 Å². The summed E-state index contributed by atoms with van der Waals surface area (Å²) in [6.07, 6.45) is -0.687. The minimum absolute atomic E-state index is 0.391. The molecule has 1 atom stereocenters. The van der Waals surface area contributed by atoms with E-state index in [0.717, 1.165) is 5.56 Å². The maximum atomic E-state index is 11.8. The Morgan fingerprint density at radius 2 is 1.65 bits per heavy atom. The number of hydrogen-bond donors (Lipinski definition) is 2. The van der Waals surface area contributed by atoms with Crippen LogP contribution < -0.4 is 5.32 Å². The smallest absolute Gasteiger partial charge is 0.340 e. The molecule has 0 radical (unpaired) electrons. The SMILES string of the molecule is CC(C)c1ccc(CCNC(=O)COC(=O)[C@@H](O)c2ccccc2)cc1. The number of rotatable bonds is 8. The average Bonchev–Trinajstić information content (AvgIpc) is 2.66. The van der Waals surface area contributed by atoms with Crippen molar-refractivity contribution < 1.29 is 19.4 Å². The third-order valence-electron chi connectivity index (χ3n) is 4.07. The standard InChI is InChI=1S/C21H25NO4/c1-15(2)17-10-8-16(9-11-17)12-13-22-19(23)14-26-21(25)20(24)18-6-4-3-5-7-18/h3-11,15,20,24H,12-14H2,1-2H3,(H,22,23)/t20-/m0/s1. The molecule has 2 rings (SSSR count). The maximum Gasteiger partial charge on any atom is 0.340 e. The zero-order chi connectivity index (χ0) is 18.9. The van der Waals surface area contributed by atoms with Gasteiger partial charge in [0.25, 0.3) is 5.91 Å². The van der Waals surface area contributed by atoms with Crippen LogP contribution in [0.5, 0.6) is 0 Å². The number of carbonyl (C=O) groups is 2. The fourth-order valence-electron chi connectivity index (χ4n) is 2.45. The van der Waals surface area contributed by atoms with Crippen molar-refractivity contribution in [2.24, 2.45) is 0 Å². The van der Waals surface area contributed by atoms with Crippen LogP contribution in [0.4, 0.5) is 0 Å². The Labute approximate surface area is 154 Å². The fourth-order valence-corrected chi connectivity index (χ4v) is 2.45. The van der Waals surface area contributed by atoms with Crippen molar-refractivity contribution in [3.63, 3.8) is 0 Å². The molecule has 0 saturated carbocycles. The highest BCUT2D eigenvalue weighted by atomic mass is 16.5. The van der Waals surface area contributed by atoms with Gasteiger partial charge in [0.1, 0.15) is 0 Å². The van der Waals surface area contributed by atoms with Gasteiger partial charge in [0.2, 0.25) is 0 Å². The number of aliphatic hydroxyl groups is 1. The summed E-state index contributed by atoms with van der Waals surface area (Å²) >= 11 is 0. The molecule has 2 aromatic carbocycles. The number of amides is 1. The number of esters is 1. The van der Waals surface area contributed by atoms with Crippen LogP contribution in [0.1, 0.15) is 42.6 Å². The van der Waals surface area contributed by atoms with Gasteiger partial charge in [-0.25, -0.2) is 4.79 Å². The molecule has 1 amide bonds. The predicted molar refractivity (Wildman–Crippen MR) is 99.6 cm³/mol. The van der Waals surface area contributed by atoms with Crippen molar-refractivity contribution in [3.8, 4) is 0 Å². The zero-order valence-electron chi connectivity index (χ0n) is 15.1. The number of hydrogen-bond acceptors (Lipinski definition) is 4.